The van der Waals surface area contributed by atoms with Crippen molar-refractivity contribution in [3.8, 4) is 0 Å². The van der Waals surface area contributed by atoms with Crippen molar-refractivity contribution in [2.75, 3.05) is 11.5 Å². The maximum atomic E-state index is 11.6. The zero-order valence-electron chi connectivity index (χ0n) is 9.00. The third-order valence-corrected chi connectivity index (χ3v) is 4.61. The van der Waals surface area contributed by atoms with Gasteiger partial charge in [-0.1, -0.05) is 0 Å². The molecule has 0 saturated carbocycles. The summed E-state index contributed by atoms with van der Waals surface area (Å²) >= 11 is 0. The molecule has 17 heavy (non-hydrogen) atoms. The first-order valence-electron chi connectivity index (χ1n) is 5.22. The summed E-state index contributed by atoms with van der Waals surface area (Å²) < 4.78 is 22.6. The van der Waals surface area contributed by atoms with Crippen molar-refractivity contribution in [1.82, 2.24) is 5.01 Å². The third-order valence-electron chi connectivity index (χ3n) is 2.86. The molecule has 7 nitrogen and oxygen atoms in total. The maximum absolute atomic E-state index is 11.6. The van der Waals surface area contributed by atoms with Crippen LogP contribution in [-0.2, 0) is 19.4 Å². The number of rotatable bonds is 2. The number of hydrazone groups is 1. The number of amides is 1. The van der Waals surface area contributed by atoms with Gasteiger partial charge in [0.2, 0.25) is 5.91 Å². The molecule has 0 aromatic rings. The Hall–Kier alpha value is -1.44. The second-order valence-electron chi connectivity index (χ2n) is 4.15. The quantitative estimate of drug-likeness (QED) is 0.702. The summed E-state index contributed by atoms with van der Waals surface area (Å²) in [7, 11) is -3.12. The molecule has 8 heteroatoms. The highest BCUT2D eigenvalue weighted by Gasteiger charge is 2.37. The van der Waals surface area contributed by atoms with Gasteiger partial charge in [0.05, 0.1) is 17.5 Å². The van der Waals surface area contributed by atoms with E-state index in [9.17, 15) is 18.0 Å². The Morgan fingerprint density at radius 2 is 2.12 bits per heavy atom. The topological polar surface area (TPSA) is 104 Å². The molecule has 0 aliphatic carbocycles. The predicted molar refractivity (Wildman–Crippen MR) is 58.2 cm³/mol. The van der Waals surface area contributed by atoms with E-state index in [1.54, 1.807) is 0 Å². The van der Waals surface area contributed by atoms with Crippen LogP contribution in [0.4, 0.5) is 0 Å². The predicted octanol–water partition coefficient (Wildman–Crippen LogP) is -0.763. The molecular formula is C9H12N2O5S. The van der Waals surface area contributed by atoms with Crippen molar-refractivity contribution < 1.29 is 23.1 Å². The van der Waals surface area contributed by atoms with Crippen molar-refractivity contribution in [1.29, 1.82) is 0 Å². The summed E-state index contributed by atoms with van der Waals surface area (Å²) in [5.41, 5.74) is -0.0890. The van der Waals surface area contributed by atoms with Gasteiger partial charge in [-0.2, -0.15) is 5.10 Å². The van der Waals surface area contributed by atoms with Crippen LogP contribution in [0.15, 0.2) is 5.10 Å². The maximum Gasteiger partial charge on any atom is 0.352 e. The average molecular weight is 260 g/mol. The van der Waals surface area contributed by atoms with E-state index in [0.29, 0.717) is 6.42 Å². The Balaban J connectivity index is 2.22. The van der Waals surface area contributed by atoms with E-state index in [2.05, 4.69) is 5.10 Å². The second kappa shape index (κ2) is 4.10. The zero-order chi connectivity index (χ0) is 12.6. The molecule has 1 atom stereocenters. The summed E-state index contributed by atoms with van der Waals surface area (Å²) in [6.07, 6.45) is 0.496. The Morgan fingerprint density at radius 3 is 2.65 bits per heavy atom. The summed E-state index contributed by atoms with van der Waals surface area (Å²) in [6.45, 7) is 0. The number of carbonyl (C=O) groups is 2. The number of aliphatic carboxylic acids is 1. The Morgan fingerprint density at radius 1 is 1.41 bits per heavy atom. The number of carboxylic acids is 1. The standard InChI is InChI=1S/C9H12N2O5S/c12-8-2-1-7(9(13)14)10-11(8)6-3-4-17(15,16)5-6/h6H,1-5H2,(H,13,14). The Kier molecular flexibility index (Phi) is 2.90. The molecule has 1 unspecified atom stereocenters. The van der Waals surface area contributed by atoms with Gasteiger partial charge in [-0.25, -0.2) is 18.2 Å². The fraction of sp³-hybridized carbons (Fsp3) is 0.667. The first-order valence-corrected chi connectivity index (χ1v) is 7.04. The van der Waals surface area contributed by atoms with Gasteiger partial charge in [0.1, 0.15) is 5.71 Å². The number of hydrogen-bond acceptors (Lipinski definition) is 5. The number of nitrogens with zero attached hydrogens (tertiary/aromatic N) is 2. The molecule has 0 aromatic heterocycles. The van der Waals surface area contributed by atoms with Crippen molar-refractivity contribution >= 4 is 27.4 Å². The summed E-state index contributed by atoms with van der Waals surface area (Å²) in [5.74, 6) is -1.57. The lowest BCUT2D eigenvalue weighted by Gasteiger charge is -2.26. The highest BCUT2D eigenvalue weighted by molar-refractivity contribution is 7.91. The first kappa shape index (κ1) is 12.0. The molecule has 2 rings (SSSR count). The van der Waals surface area contributed by atoms with E-state index in [-0.39, 0.29) is 36.0 Å². The van der Waals surface area contributed by atoms with Crippen LogP contribution >= 0.6 is 0 Å². The lowest BCUT2D eigenvalue weighted by atomic mass is 10.1. The molecule has 1 saturated heterocycles. The van der Waals surface area contributed by atoms with Crippen molar-refractivity contribution in [2.24, 2.45) is 5.10 Å². The van der Waals surface area contributed by atoms with Crippen molar-refractivity contribution in [3.05, 3.63) is 0 Å². The highest BCUT2D eigenvalue weighted by Crippen LogP contribution is 2.22. The second-order valence-corrected chi connectivity index (χ2v) is 6.38. The van der Waals surface area contributed by atoms with E-state index in [1.165, 1.54) is 0 Å². The van der Waals surface area contributed by atoms with Gasteiger partial charge in [0.25, 0.3) is 0 Å². The molecular weight excluding hydrogens is 248 g/mol. The minimum Gasteiger partial charge on any atom is -0.477 e. The summed E-state index contributed by atoms with van der Waals surface area (Å²) in [5, 5.41) is 13.6. The molecule has 94 valence electrons. The fourth-order valence-electron chi connectivity index (χ4n) is 1.98. The minimum atomic E-state index is -3.12. The van der Waals surface area contributed by atoms with Crippen LogP contribution in [-0.4, -0.2) is 53.7 Å². The van der Waals surface area contributed by atoms with E-state index >= 15 is 0 Å². The van der Waals surface area contributed by atoms with Gasteiger partial charge in [-0.3, -0.25) is 4.79 Å². The SMILES string of the molecule is O=C(O)C1=NN(C2CCS(=O)(=O)C2)C(=O)CC1. The monoisotopic (exact) mass is 260 g/mol. The van der Waals surface area contributed by atoms with Crippen molar-refractivity contribution in [2.45, 2.75) is 25.3 Å². The molecule has 2 aliphatic rings. The molecule has 2 aliphatic heterocycles. The molecule has 1 amide bonds. The molecule has 0 aromatic carbocycles. The Labute approximate surface area is 98.0 Å². The molecule has 0 spiro atoms. The van der Waals surface area contributed by atoms with E-state index in [4.69, 9.17) is 5.11 Å². The number of carbonyl (C=O) groups excluding carboxylic acids is 1. The van der Waals surface area contributed by atoms with Crippen LogP contribution < -0.4 is 0 Å². The van der Waals surface area contributed by atoms with Gasteiger partial charge >= 0.3 is 5.97 Å². The van der Waals surface area contributed by atoms with Crippen LogP contribution in [0.2, 0.25) is 0 Å². The smallest absolute Gasteiger partial charge is 0.352 e. The highest BCUT2D eigenvalue weighted by atomic mass is 32.2. The molecule has 1 fully saturated rings. The normalized spacial score (nSPS) is 28.0. The molecule has 0 bridgehead atoms. The van der Waals surface area contributed by atoms with Crippen LogP contribution in [0.25, 0.3) is 0 Å². The van der Waals surface area contributed by atoms with E-state index in [0.717, 1.165) is 5.01 Å². The number of sulfone groups is 1. The number of hydrogen-bond donors (Lipinski definition) is 1. The van der Waals surface area contributed by atoms with Gasteiger partial charge in [0, 0.05) is 12.8 Å². The van der Waals surface area contributed by atoms with Crippen LogP contribution in [0.3, 0.4) is 0 Å². The van der Waals surface area contributed by atoms with E-state index < -0.39 is 21.8 Å². The fourth-order valence-corrected chi connectivity index (χ4v) is 3.67. The van der Waals surface area contributed by atoms with Crippen LogP contribution in [0.1, 0.15) is 19.3 Å². The minimum absolute atomic E-state index is 0.0272. The summed E-state index contributed by atoms with van der Waals surface area (Å²) in [4.78, 5) is 22.4. The zero-order valence-corrected chi connectivity index (χ0v) is 9.81. The Bertz CT molecular complexity index is 496. The van der Waals surface area contributed by atoms with Gasteiger partial charge < -0.3 is 5.11 Å². The van der Waals surface area contributed by atoms with Gasteiger partial charge in [0.15, 0.2) is 9.84 Å². The lowest BCUT2D eigenvalue weighted by Crippen LogP contribution is -2.41. The van der Waals surface area contributed by atoms with Crippen LogP contribution in [0, 0.1) is 0 Å². The average Bonchev–Trinajstić information content (AvgIpc) is 2.59. The lowest BCUT2D eigenvalue weighted by molar-refractivity contribution is -0.134. The van der Waals surface area contributed by atoms with Gasteiger partial charge in [-0.15, -0.1) is 0 Å². The van der Waals surface area contributed by atoms with Gasteiger partial charge in [-0.05, 0) is 6.42 Å². The van der Waals surface area contributed by atoms with E-state index in [1.807, 2.05) is 0 Å². The van der Waals surface area contributed by atoms with Crippen molar-refractivity contribution in [3.63, 3.8) is 0 Å². The molecule has 2 heterocycles. The molecule has 1 N–H and O–H groups in total. The largest absolute Gasteiger partial charge is 0.477 e. The first-order chi connectivity index (χ1) is 7.89. The summed E-state index contributed by atoms with van der Waals surface area (Å²) in [6, 6.07) is -0.512. The number of carboxylic acid groups (broad SMARTS) is 1. The third kappa shape index (κ3) is 2.46. The van der Waals surface area contributed by atoms with Crippen LogP contribution in [0.5, 0.6) is 0 Å². The molecule has 0 radical (unpaired) electrons.